The topological polar surface area (TPSA) is 37.3 Å². The maximum absolute atomic E-state index is 10.0. The number of carbonyl (C=O) groups excluding carboxylic acids is 1. The van der Waals surface area contributed by atoms with Crippen molar-refractivity contribution >= 4 is 6.29 Å². The van der Waals surface area contributed by atoms with Gasteiger partial charge in [-0.3, -0.25) is 4.79 Å². The number of carbonyl (C=O) groups is 1. The first-order valence-electron chi connectivity index (χ1n) is 7.09. The van der Waals surface area contributed by atoms with Crippen LogP contribution in [0.3, 0.4) is 0 Å². The van der Waals surface area contributed by atoms with E-state index in [1.807, 2.05) is 0 Å². The molecule has 0 saturated carbocycles. The smallest absolute Gasteiger partial charge is 0.142 e. The second-order valence-corrected chi connectivity index (χ2v) is 4.72. The summed E-state index contributed by atoms with van der Waals surface area (Å²) in [6, 6.07) is 0. The molecular formula is C15H28O2. The number of hydrogen-bond acceptors (Lipinski definition) is 2. The van der Waals surface area contributed by atoms with Gasteiger partial charge in [0.15, 0.2) is 0 Å². The third kappa shape index (κ3) is 13.3. The lowest BCUT2D eigenvalue weighted by molar-refractivity contribution is -0.104. The zero-order valence-corrected chi connectivity index (χ0v) is 11.2. The molecular weight excluding hydrogens is 212 g/mol. The average molecular weight is 240 g/mol. The maximum Gasteiger partial charge on any atom is 0.142 e. The lowest BCUT2D eigenvalue weighted by Crippen LogP contribution is -2.04. The Bertz CT molecular complexity index is 187. The number of rotatable bonds is 12. The standard InChI is InChI=1S/C15H28O2/c1-2-3-4-5-6-7-8-9-12-15(17)13-10-11-14-16/h10-11,14-15,17H,2-9,12-13H2,1H3/b11-10+. The predicted octanol–water partition coefficient (Wildman–Crippen LogP) is 4.02. The van der Waals surface area contributed by atoms with Gasteiger partial charge in [-0.15, -0.1) is 0 Å². The summed E-state index contributed by atoms with van der Waals surface area (Å²) in [5, 5.41) is 9.58. The zero-order chi connectivity index (χ0) is 12.8. The summed E-state index contributed by atoms with van der Waals surface area (Å²) in [6.45, 7) is 2.24. The molecule has 0 aliphatic rings. The molecule has 100 valence electrons. The van der Waals surface area contributed by atoms with E-state index in [1.165, 1.54) is 51.0 Å². The quantitative estimate of drug-likeness (QED) is 0.318. The highest BCUT2D eigenvalue weighted by molar-refractivity contribution is 5.64. The molecule has 0 aliphatic heterocycles. The van der Waals surface area contributed by atoms with Crippen LogP contribution in [0.4, 0.5) is 0 Å². The molecule has 17 heavy (non-hydrogen) atoms. The van der Waals surface area contributed by atoms with Crippen molar-refractivity contribution in [2.45, 2.75) is 77.2 Å². The highest BCUT2D eigenvalue weighted by Crippen LogP contribution is 2.11. The average Bonchev–Trinajstić information content (AvgIpc) is 2.33. The lowest BCUT2D eigenvalue weighted by Gasteiger charge is -2.07. The van der Waals surface area contributed by atoms with E-state index in [1.54, 1.807) is 6.08 Å². The highest BCUT2D eigenvalue weighted by atomic mass is 16.3. The van der Waals surface area contributed by atoms with Crippen molar-refractivity contribution in [2.75, 3.05) is 0 Å². The summed E-state index contributed by atoms with van der Waals surface area (Å²) in [6.07, 6.45) is 15.5. The molecule has 1 atom stereocenters. The molecule has 0 bridgehead atoms. The molecule has 2 heteroatoms. The van der Waals surface area contributed by atoms with E-state index >= 15 is 0 Å². The Hall–Kier alpha value is -0.630. The van der Waals surface area contributed by atoms with Gasteiger partial charge in [0.2, 0.25) is 0 Å². The largest absolute Gasteiger partial charge is 0.393 e. The summed E-state index contributed by atoms with van der Waals surface area (Å²) >= 11 is 0. The van der Waals surface area contributed by atoms with Crippen LogP contribution in [0.2, 0.25) is 0 Å². The van der Waals surface area contributed by atoms with Gasteiger partial charge in [0.25, 0.3) is 0 Å². The molecule has 0 aromatic heterocycles. The van der Waals surface area contributed by atoms with Gasteiger partial charge in [0.1, 0.15) is 6.29 Å². The van der Waals surface area contributed by atoms with Gasteiger partial charge < -0.3 is 5.11 Å². The van der Waals surface area contributed by atoms with Crippen molar-refractivity contribution in [1.29, 1.82) is 0 Å². The van der Waals surface area contributed by atoms with Gasteiger partial charge in [-0.2, -0.15) is 0 Å². The third-order valence-electron chi connectivity index (χ3n) is 3.01. The molecule has 0 fully saturated rings. The van der Waals surface area contributed by atoms with Gasteiger partial charge in [-0.05, 0) is 18.9 Å². The van der Waals surface area contributed by atoms with Gasteiger partial charge >= 0.3 is 0 Å². The molecule has 0 radical (unpaired) electrons. The molecule has 1 unspecified atom stereocenters. The molecule has 0 aliphatic carbocycles. The second-order valence-electron chi connectivity index (χ2n) is 4.72. The first kappa shape index (κ1) is 16.4. The minimum atomic E-state index is -0.272. The summed E-state index contributed by atoms with van der Waals surface area (Å²) in [5.74, 6) is 0. The van der Waals surface area contributed by atoms with Crippen molar-refractivity contribution in [1.82, 2.24) is 0 Å². The van der Waals surface area contributed by atoms with Crippen molar-refractivity contribution in [3.05, 3.63) is 12.2 Å². The molecule has 0 rings (SSSR count). The van der Waals surface area contributed by atoms with Crippen LogP contribution < -0.4 is 0 Å². The summed E-state index contributed by atoms with van der Waals surface area (Å²) in [4.78, 5) is 10.0. The second kappa shape index (κ2) is 13.4. The van der Waals surface area contributed by atoms with E-state index in [-0.39, 0.29) is 6.10 Å². The SMILES string of the molecule is CCCCCCCCCCC(O)C/C=C/C=O. The third-order valence-corrected chi connectivity index (χ3v) is 3.01. The van der Waals surface area contributed by atoms with E-state index in [4.69, 9.17) is 0 Å². The molecule has 0 aromatic rings. The van der Waals surface area contributed by atoms with E-state index < -0.39 is 0 Å². The van der Waals surface area contributed by atoms with Crippen molar-refractivity contribution < 1.29 is 9.90 Å². The van der Waals surface area contributed by atoms with Crippen LogP contribution in [0.5, 0.6) is 0 Å². The van der Waals surface area contributed by atoms with Crippen molar-refractivity contribution in [3.8, 4) is 0 Å². The summed E-state index contributed by atoms with van der Waals surface area (Å²) < 4.78 is 0. The van der Waals surface area contributed by atoms with Crippen LogP contribution in [0.1, 0.15) is 71.1 Å². The Morgan fingerprint density at radius 3 is 2.18 bits per heavy atom. The van der Waals surface area contributed by atoms with Crippen LogP contribution in [-0.4, -0.2) is 17.5 Å². The molecule has 0 heterocycles. The Balaban J connectivity index is 3.16. The van der Waals surface area contributed by atoms with Crippen LogP contribution in [0, 0.1) is 0 Å². The first-order valence-corrected chi connectivity index (χ1v) is 7.09. The summed E-state index contributed by atoms with van der Waals surface area (Å²) in [7, 11) is 0. The fourth-order valence-electron chi connectivity index (χ4n) is 1.92. The van der Waals surface area contributed by atoms with Gasteiger partial charge in [0.05, 0.1) is 6.10 Å². The zero-order valence-electron chi connectivity index (χ0n) is 11.2. The van der Waals surface area contributed by atoms with E-state index in [0.717, 1.165) is 19.1 Å². The highest BCUT2D eigenvalue weighted by Gasteiger charge is 2.00. The van der Waals surface area contributed by atoms with Crippen molar-refractivity contribution in [2.24, 2.45) is 0 Å². The fourth-order valence-corrected chi connectivity index (χ4v) is 1.92. The predicted molar refractivity (Wildman–Crippen MR) is 73.1 cm³/mol. The molecule has 0 saturated heterocycles. The minimum Gasteiger partial charge on any atom is -0.393 e. The van der Waals surface area contributed by atoms with Crippen LogP contribution in [0.15, 0.2) is 12.2 Å². The normalized spacial score (nSPS) is 13.1. The maximum atomic E-state index is 10.0. The number of hydrogen-bond donors (Lipinski definition) is 1. The van der Waals surface area contributed by atoms with Crippen LogP contribution in [-0.2, 0) is 4.79 Å². The van der Waals surface area contributed by atoms with E-state index in [2.05, 4.69) is 6.92 Å². The van der Waals surface area contributed by atoms with Gasteiger partial charge in [-0.1, -0.05) is 64.4 Å². The van der Waals surface area contributed by atoms with E-state index in [0.29, 0.717) is 6.42 Å². The molecule has 0 spiro atoms. The number of aldehydes is 1. The summed E-state index contributed by atoms with van der Waals surface area (Å²) in [5.41, 5.74) is 0. The Labute approximate surface area is 106 Å². The van der Waals surface area contributed by atoms with Crippen LogP contribution in [0.25, 0.3) is 0 Å². The Morgan fingerprint density at radius 2 is 1.59 bits per heavy atom. The molecule has 0 aromatic carbocycles. The Kier molecular flexibility index (Phi) is 12.9. The number of allylic oxidation sites excluding steroid dienone is 1. The molecule has 0 amide bonds. The van der Waals surface area contributed by atoms with Crippen molar-refractivity contribution in [3.63, 3.8) is 0 Å². The number of aliphatic hydroxyl groups is 1. The molecule has 1 N–H and O–H groups in total. The number of aliphatic hydroxyl groups excluding tert-OH is 1. The fraction of sp³-hybridized carbons (Fsp3) is 0.800. The van der Waals surface area contributed by atoms with E-state index in [9.17, 15) is 9.90 Å². The van der Waals surface area contributed by atoms with Gasteiger partial charge in [0, 0.05) is 0 Å². The minimum absolute atomic E-state index is 0.272. The Morgan fingerprint density at radius 1 is 1.00 bits per heavy atom. The molecule has 2 nitrogen and oxygen atoms in total. The first-order chi connectivity index (χ1) is 8.31. The lowest BCUT2D eigenvalue weighted by atomic mass is 10.0. The van der Waals surface area contributed by atoms with Gasteiger partial charge in [-0.25, -0.2) is 0 Å². The van der Waals surface area contributed by atoms with Crippen LogP contribution >= 0.6 is 0 Å². The monoisotopic (exact) mass is 240 g/mol. The number of unbranched alkanes of at least 4 members (excludes halogenated alkanes) is 7.